The Morgan fingerprint density at radius 1 is 1.15 bits per heavy atom. The molecule has 1 unspecified atom stereocenters. The van der Waals surface area contributed by atoms with E-state index >= 15 is 0 Å². The molecule has 2 aromatic carbocycles. The summed E-state index contributed by atoms with van der Waals surface area (Å²) in [5.41, 5.74) is 1.42. The quantitative estimate of drug-likeness (QED) is 0.711. The van der Waals surface area contributed by atoms with Crippen LogP contribution in [0.4, 0.5) is 8.78 Å². The summed E-state index contributed by atoms with van der Waals surface area (Å²) in [5, 5.41) is 2.75. The van der Waals surface area contributed by atoms with Crippen molar-refractivity contribution in [1.29, 1.82) is 0 Å². The predicted molar refractivity (Wildman–Crippen MR) is 93.2 cm³/mol. The van der Waals surface area contributed by atoms with Crippen LogP contribution in [-0.2, 0) is 11.2 Å². The third-order valence-corrected chi connectivity index (χ3v) is 4.00. The molecule has 3 aromatic rings. The van der Waals surface area contributed by atoms with Crippen LogP contribution in [0.2, 0.25) is 0 Å². The van der Waals surface area contributed by atoms with Gasteiger partial charge in [0.05, 0.1) is 12.2 Å². The molecule has 1 amide bonds. The topological polar surface area (TPSA) is 55.1 Å². The van der Waals surface area contributed by atoms with Gasteiger partial charge in [-0.1, -0.05) is 36.4 Å². The summed E-state index contributed by atoms with van der Waals surface area (Å²) in [4.78, 5) is 16.3. The van der Waals surface area contributed by atoms with E-state index in [9.17, 15) is 13.6 Å². The zero-order valence-electron chi connectivity index (χ0n) is 14.2. The van der Waals surface area contributed by atoms with E-state index in [-0.39, 0.29) is 12.3 Å². The number of amides is 1. The molecule has 1 N–H and O–H groups in total. The van der Waals surface area contributed by atoms with Crippen molar-refractivity contribution in [2.45, 2.75) is 25.8 Å². The summed E-state index contributed by atoms with van der Waals surface area (Å²) in [5.74, 6) is -0.945. The van der Waals surface area contributed by atoms with Crippen LogP contribution >= 0.6 is 0 Å². The van der Waals surface area contributed by atoms with Crippen LogP contribution < -0.4 is 5.32 Å². The minimum atomic E-state index is -0.933. The highest BCUT2D eigenvalue weighted by Gasteiger charge is 2.13. The SMILES string of the molecule is CC(NC(=O)CCc1ncc(-c2ccccc2)o1)c1ccc(F)c(F)c1. The Hall–Kier alpha value is -3.02. The molecule has 0 bridgehead atoms. The summed E-state index contributed by atoms with van der Waals surface area (Å²) in [6, 6.07) is 12.7. The average Bonchev–Trinajstić information content (AvgIpc) is 3.12. The first kappa shape index (κ1) is 17.8. The lowest BCUT2D eigenvalue weighted by atomic mass is 10.1. The number of halogens is 2. The molecule has 4 nitrogen and oxygen atoms in total. The van der Waals surface area contributed by atoms with Crippen molar-refractivity contribution in [3.63, 3.8) is 0 Å². The fraction of sp³-hybridized carbons (Fsp3) is 0.200. The summed E-state index contributed by atoms with van der Waals surface area (Å²) in [6.07, 6.45) is 2.17. The smallest absolute Gasteiger partial charge is 0.220 e. The Labute approximate surface area is 149 Å². The molecule has 0 aliphatic rings. The van der Waals surface area contributed by atoms with Crippen molar-refractivity contribution in [3.05, 3.63) is 77.8 Å². The highest BCUT2D eigenvalue weighted by molar-refractivity contribution is 5.76. The lowest BCUT2D eigenvalue weighted by Gasteiger charge is -2.14. The molecular weight excluding hydrogens is 338 g/mol. The van der Waals surface area contributed by atoms with E-state index in [1.807, 2.05) is 30.3 Å². The summed E-state index contributed by atoms with van der Waals surface area (Å²) < 4.78 is 31.9. The van der Waals surface area contributed by atoms with Crippen molar-refractivity contribution in [2.75, 3.05) is 0 Å². The minimum Gasteiger partial charge on any atom is -0.441 e. The number of hydrogen-bond donors (Lipinski definition) is 1. The maximum Gasteiger partial charge on any atom is 0.220 e. The Morgan fingerprint density at radius 3 is 2.65 bits per heavy atom. The van der Waals surface area contributed by atoms with Gasteiger partial charge in [0.15, 0.2) is 23.3 Å². The van der Waals surface area contributed by atoms with Crippen LogP contribution in [0.5, 0.6) is 0 Å². The Morgan fingerprint density at radius 2 is 1.92 bits per heavy atom. The summed E-state index contributed by atoms with van der Waals surface area (Å²) in [6.45, 7) is 1.71. The second-order valence-electron chi connectivity index (χ2n) is 5.95. The van der Waals surface area contributed by atoms with Gasteiger partial charge < -0.3 is 9.73 Å². The van der Waals surface area contributed by atoms with Gasteiger partial charge in [0.1, 0.15) is 0 Å². The third kappa shape index (κ3) is 4.33. The van der Waals surface area contributed by atoms with E-state index in [4.69, 9.17) is 4.42 Å². The van der Waals surface area contributed by atoms with Gasteiger partial charge >= 0.3 is 0 Å². The molecule has 0 spiro atoms. The number of oxazole rings is 1. The number of nitrogens with one attached hydrogen (secondary N) is 1. The molecule has 0 radical (unpaired) electrons. The maximum atomic E-state index is 13.3. The number of carbonyl (C=O) groups excluding carboxylic acids is 1. The number of aromatic nitrogens is 1. The van der Waals surface area contributed by atoms with E-state index < -0.39 is 17.7 Å². The molecule has 1 aromatic heterocycles. The van der Waals surface area contributed by atoms with Crippen LogP contribution in [-0.4, -0.2) is 10.9 Å². The largest absolute Gasteiger partial charge is 0.441 e. The molecule has 26 heavy (non-hydrogen) atoms. The monoisotopic (exact) mass is 356 g/mol. The third-order valence-electron chi connectivity index (χ3n) is 4.00. The van der Waals surface area contributed by atoms with Gasteiger partial charge in [-0.25, -0.2) is 13.8 Å². The Bertz CT molecular complexity index is 894. The van der Waals surface area contributed by atoms with Crippen LogP contribution in [0.3, 0.4) is 0 Å². The molecule has 0 fully saturated rings. The highest BCUT2D eigenvalue weighted by Crippen LogP contribution is 2.20. The van der Waals surface area contributed by atoms with Gasteiger partial charge in [0.25, 0.3) is 0 Å². The van der Waals surface area contributed by atoms with Gasteiger partial charge in [0, 0.05) is 18.4 Å². The molecule has 6 heteroatoms. The molecule has 0 aliphatic carbocycles. The zero-order chi connectivity index (χ0) is 18.5. The molecule has 0 saturated carbocycles. The van der Waals surface area contributed by atoms with Crippen LogP contribution in [0.15, 0.2) is 59.1 Å². The number of benzene rings is 2. The van der Waals surface area contributed by atoms with Crippen LogP contribution in [0.25, 0.3) is 11.3 Å². The molecule has 1 atom stereocenters. The first-order valence-electron chi connectivity index (χ1n) is 8.27. The molecule has 134 valence electrons. The first-order chi connectivity index (χ1) is 12.5. The highest BCUT2D eigenvalue weighted by atomic mass is 19.2. The van der Waals surface area contributed by atoms with Gasteiger partial charge in [-0.3, -0.25) is 4.79 Å². The molecule has 1 heterocycles. The lowest BCUT2D eigenvalue weighted by Crippen LogP contribution is -2.27. The van der Waals surface area contributed by atoms with Gasteiger partial charge in [-0.15, -0.1) is 0 Å². The second-order valence-corrected chi connectivity index (χ2v) is 5.95. The Balaban J connectivity index is 1.54. The molecule has 3 rings (SSSR count). The van der Waals surface area contributed by atoms with Gasteiger partial charge in [-0.2, -0.15) is 0 Å². The van der Waals surface area contributed by atoms with E-state index in [2.05, 4.69) is 10.3 Å². The molecular formula is C20H18F2N2O2. The average molecular weight is 356 g/mol. The van der Waals surface area contributed by atoms with Crippen LogP contribution in [0.1, 0.15) is 30.8 Å². The normalized spacial score (nSPS) is 12.0. The summed E-state index contributed by atoms with van der Waals surface area (Å²) >= 11 is 0. The number of hydrogen-bond acceptors (Lipinski definition) is 3. The van der Waals surface area contributed by atoms with Gasteiger partial charge in [0.2, 0.25) is 5.91 Å². The van der Waals surface area contributed by atoms with Crippen LogP contribution in [0, 0.1) is 11.6 Å². The fourth-order valence-corrected chi connectivity index (χ4v) is 2.56. The van der Waals surface area contributed by atoms with Crippen molar-refractivity contribution in [2.24, 2.45) is 0 Å². The predicted octanol–water partition coefficient (Wildman–Crippen LogP) is 4.43. The lowest BCUT2D eigenvalue weighted by molar-refractivity contribution is -0.121. The number of aryl methyl sites for hydroxylation is 1. The number of carbonyl (C=O) groups is 1. The molecule has 0 aliphatic heterocycles. The number of rotatable bonds is 6. The fourth-order valence-electron chi connectivity index (χ4n) is 2.56. The second kappa shape index (κ2) is 7.91. The zero-order valence-corrected chi connectivity index (χ0v) is 14.2. The minimum absolute atomic E-state index is 0.183. The van der Waals surface area contributed by atoms with E-state index in [1.54, 1.807) is 13.1 Å². The van der Waals surface area contributed by atoms with E-state index in [1.165, 1.54) is 6.07 Å². The molecule has 0 saturated heterocycles. The summed E-state index contributed by atoms with van der Waals surface area (Å²) in [7, 11) is 0. The number of nitrogens with zero attached hydrogens (tertiary/aromatic N) is 1. The first-order valence-corrected chi connectivity index (χ1v) is 8.27. The van der Waals surface area contributed by atoms with Gasteiger partial charge in [-0.05, 0) is 24.6 Å². The maximum absolute atomic E-state index is 13.3. The Kier molecular flexibility index (Phi) is 5.41. The van der Waals surface area contributed by atoms with E-state index in [0.717, 1.165) is 17.7 Å². The standard InChI is InChI=1S/C20H18F2N2O2/c1-13(15-7-8-16(21)17(22)11-15)24-19(25)9-10-20-23-12-18(26-20)14-5-3-2-4-6-14/h2-8,11-13H,9-10H2,1H3,(H,24,25). The van der Waals surface area contributed by atoms with Crippen molar-refractivity contribution < 1.29 is 18.0 Å². The van der Waals surface area contributed by atoms with E-state index in [0.29, 0.717) is 23.6 Å². The van der Waals surface area contributed by atoms with Crippen molar-refractivity contribution >= 4 is 5.91 Å². The van der Waals surface area contributed by atoms with Crippen molar-refractivity contribution in [1.82, 2.24) is 10.3 Å². The van der Waals surface area contributed by atoms with Crippen molar-refractivity contribution in [3.8, 4) is 11.3 Å².